The van der Waals surface area contributed by atoms with Crippen molar-refractivity contribution in [3.63, 3.8) is 0 Å². The zero-order valence-electron chi connectivity index (χ0n) is 56.9. The Labute approximate surface area is 561 Å². The topological polar surface area (TPSA) is 260 Å². The molecule has 0 radical (unpaired) electrons. The van der Waals surface area contributed by atoms with Crippen LogP contribution >= 0.6 is 0 Å². The van der Waals surface area contributed by atoms with Crippen LogP contribution < -0.4 is 15.3 Å². The molecule has 3 aromatic carbocycles. The minimum atomic E-state index is -1.13. The SMILES string of the molecule is CCCCCCCCCCCCCCCCCC(=O)OO.CCCCCCCCCCCCCCCCCC(=O)OO.CCCCCCCCCCCCCCCCCC(=O)OO.O=C([O-])c1ccccc1.O=C([O-])c1ccccc1.O=C([O-])c1ccccc1.[Al+3]. The van der Waals surface area contributed by atoms with Gasteiger partial charge in [0.1, 0.15) is 0 Å². The number of carbonyl (C=O) groups is 6. The molecular weight excluding hydrogens is 1170 g/mol. The van der Waals surface area contributed by atoms with Crippen molar-refractivity contribution in [2.75, 3.05) is 0 Å². The first-order valence-corrected chi connectivity index (χ1v) is 35.2. The summed E-state index contributed by atoms with van der Waals surface area (Å²) >= 11 is 0. The summed E-state index contributed by atoms with van der Waals surface area (Å²) in [6.07, 6.45) is 60.0. The van der Waals surface area contributed by atoms with E-state index in [2.05, 4.69) is 35.4 Å². The van der Waals surface area contributed by atoms with Gasteiger partial charge in [-0.25, -0.2) is 14.4 Å². The Morgan fingerprint density at radius 3 is 0.495 bits per heavy atom. The number of carbonyl (C=O) groups excluding carboxylic acids is 6. The molecule has 0 fully saturated rings. The van der Waals surface area contributed by atoms with Crippen LogP contribution in [0, 0.1) is 0 Å². The predicted molar refractivity (Wildman–Crippen MR) is 363 cm³/mol. The van der Waals surface area contributed by atoms with Gasteiger partial charge in [0.05, 0.1) is 17.9 Å². The number of benzene rings is 3. The first kappa shape index (κ1) is 92.3. The largest absolute Gasteiger partial charge is 3.00 e. The monoisotopic (exact) mass is 1290 g/mol. The molecule has 3 aromatic rings. The van der Waals surface area contributed by atoms with Crippen LogP contribution in [0.5, 0.6) is 0 Å². The van der Waals surface area contributed by atoms with Gasteiger partial charge in [-0.3, -0.25) is 0 Å². The number of aromatic carboxylic acids is 3. The maximum atomic E-state index is 10.7. The molecule has 91 heavy (non-hydrogen) atoms. The standard InChI is InChI=1S/3C18H36O3.3C7H6O2.Al/c3*1-2-3-4-5-6-7-8-9-10-11-12-13-14-15-16-17-18(19)21-20;3*8-7(9)6-4-2-1-3-5-6;/h3*20H,2-17H2,1H3;3*1-5H,(H,8,9);/q;;;;;;+3/p-3. The number of hydrogen-bond donors (Lipinski definition) is 3. The van der Waals surface area contributed by atoms with Gasteiger partial charge in [0.15, 0.2) is 0 Å². The Bertz CT molecular complexity index is 1780. The molecule has 0 aliphatic rings. The Balaban J connectivity index is -0.000000516. The van der Waals surface area contributed by atoms with Crippen LogP contribution in [0.3, 0.4) is 0 Å². The van der Waals surface area contributed by atoms with Crippen LogP contribution in [-0.2, 0) is 29.0 Å². The first-order valence-electron chi connectivity index (χ1n) is 35.2. The molecule has 3 N–H and O–H groups in total. The second-order valence-electron chi connectivity index (χ2n) is 23.4. The molecule has 0 saturated carbocycles. The van der Waals surface area contributed by atoms with Crippen molar-refractivity contribution in [3.05, 3.63) is 108 Å². The fraction of sp³-hybridized carbons (Fsp3) is 0.680. The third kappa shape index (κ3) is 75.5. The molecule has 16 heteroatoms. The van der Waals surface area contributed by atoms with E-state index in [-0.39, 0.29) is 34.1 Å². The third-order valence-corrected chi connectivity index (χ3v) is 15.3. The van der Waals surface area contributed by atoms with Gasteiger partial charge in [0.2, 0.25) is 0 Å². The van der Waals surface area contributed by atoms with E-state index < -0.39 is 35.8 Å². The molecule has 0 aliphatic heterocycles. The van der Waals surface area contributed by atoms with E-state index >= 15 is 0 Å². The molecule has 0 aliphatic carbocycles. The van der Waals surface area contributed by atoms with Gasteiger partial charge in [-0.1, -0.05) is 381 Å². The van der Waals surface area contributed by atoms with Crippen LogP contribution in [0.4, 0.5) is 0 Å². The van der Waals surface area contributed by atoms with Crippen molar-refractivity contribution in [2.24, 2.45) is 0 Å². The molecule has 15 nitrogen and oxygen atoms in total. The van der Waals surface area contributed by atoms with Crippen LogP contribution in [-0.4, -0.2) is 68.9 Å². The van der Waals surface area contributed by atoms with Crippen LogP contribution in [0.2, 0.25) is 0 Å². The number of hydrogen-bond acceptors (Lipinski definition) is 15. The third-order valence-electron chi connectivity index (χ3n) is 15.3. The molecule has 0 amide bonds. The summed E-state index contributed by atoms with van der Waals surface area (Å²) in [5.74, 6) is -4.92. The van der Waals surface area contributed by atoms with Crippen molar-refractivity contribution in [1.82, 2.24) is 0 Å². The molecule has 0 atom stereocenters. The fourth-order valence-corrected chi connectivity index (χ4v) is 9.78. The summed E-state index contributed by atoms with van der Waals surface area (Å²) in [6, 6.07) is 24.2. The Kier molecular flexibility index (Phi) is 78.4. The quantitative estimate of drug-likeness (QED) is 0.0156. The second kappa shape index (κ2) is 77.3. The molecule has 0 heterocycles. The minimum absolute atomic E-state index is 0. The number of carboxylic acids is 3. The summed E-state index contributed by atoms with van der Waals surface area (Å²) in [5.41, 5.74) is 0.660. The molecule has 516 valence electrons. The summed E-state index contributed by atoms with van der Waals surface area (Å²) in [7, 11) is 0. The van der Waals surface area contributed by atoms with Crippen molar-refractivity contribution in [3.8, 4) is 0 Å². The summed E-state index contributed by atoms with van der Waals surface area (Å²) in [4.78, 5) is 73.2. The first-order chi connectivity index (χ1) is 43.8. The maximum Gasteiger partial charge on any atom is 3.00 e. The van der Waals surface area contributed by atoms with Crippen molar-refractivity contribution < 1.29 is 74.5 Å². The van der Waals surface area contributed by atoms with E-state index in [0.717, 1.165) is 38.5 Å². The minimum Gasteiger partial charge on any atom is -0.545 e. The molecule has 0 saturated heterocycles. The van der Waals surface area contributed by atoms with E-state index in [0.29, 0.717) is 19.3 Å². The second-order valence-corrected chi connectivity index (χ2v) is 23.4. The van der Waals surface area contributed by atoms with E-state index in [4.69, 9.17) is 15.8 Å². The fourth-order valence-electron chi connectivity index (χ4n) is 9.78. The van der Waals surface area contributed by atoms with Gasteiger partial charge in [-0.05, 0) is 36.0 Å². The molecule has 0 aromatic heterocycles. The zero-order chi connectivity index (χ0) is 66.9. The molecular formula is C75H123AlO15. The molecule has 0 unspecified atom stereocenters. The van der Waals surface area contributed by atoms with Crippen LogP contribution in [0.1, 0.15) is 360 Å². The smallest absolute Gasteiger partial charge is 0.545 e. The van der Waals surface area contributed by atoms with Crippen molar-refractivity contribution >= 4 is 53.2 Å². The Hall–Kier alpha value is -5.11. The van der Waals surface area contributed by atoms with E-state index in [1.54, 1.807) is 54.6 Å². The summed E-state index contributed by atoms with van der Waals surface area (Å²) < 4.78 is 0. The van der Waals surface area contributed by atoms with E-state index in [1.807, 2.05) is 0 Å². The van der Waals surface area contributed by atoms with Gasteiger partial charge in [-0.15, -0.1) is 0 Å². The Morgan fingerprint density at radius 1 is 0.253 bits per heavy atom. The maximum absolute atomic E-state index is 10.7. The van der Waals surface area contributed by atoms with Gasteiger partial charge in [0.25, 0.3) is 0 Å². The average molecular weight is 1290 g/mol. The Morgan fingerprint density at radius 2 is 0.385 bits per heavy atom. The summed E-state index contributed by atoms with van der Waals surface area (Å²) in [6.45, 7) is 6.80. The predicted octanol–water partition coefficient (Wildman–Crippen LogP) is 18.6. The number of unbranched alkanes of at least 4 members (excludes halogenated alkanes) is 42. The van der Waals surface area contributed by atoms with Gasteiger partial charge in [0, 0.05) is 19.3 Å². The number of carboxylic acid groups (broad SMARTS) is 3. The molecule has 0 spiro atoms. The summed E-state index contributed by atoms with van der Waals surface area (Å²) in [5, 5.41) is 54.6. The van der Waals surface area contributed by atoms with Gasteiger partial charge >= 0.3 is 35.3 Å². The van der Waals surface area contributed by atoms with Gasteiger partial charge < -0.3 is 44.4 Å². The average Bonchev–Trinajstić information content (AvgIpc) is 3.71. The molecule has 3 rings (SSSR count). The van der Waals surface area contributed by atoms with Crippen LogP contribution in [0.25, 0.3) is 0 Å². The van der Waals surface area contributed by atoms with Crippen LogP contribution in [0.15, 0.2) is 91.0 Å². The number of rotatable bonds is 51. The zero-order valence-corrected chi connectivity index (χ0v) is 58.1. The van der Waals surface area contributed by atoms with E-state index in [1.165, 1.54) is 287 Å². The van der Waals surface area contributed by atoms with E-state index in [9.17, 15) is 44.1 Å². The normalized spacial score (nSPS) is 10.1. The van der Waals surface area contributed by atoms with Crippen molar-refractivity contribution in [1.29, 1.82) is 0 Å². The van der Waals surface area contributed by atoms with Gasteiger partial charge in [-0.2, -0.15) is 15.8 Å². The van der Waals surface area contributed by atoms with Crippen molar-refractivity contribution in [2.45, 2.75) is 329 Å². The molecule has 0 bridgehead atoms.